The fraction of sp³-hybridized carbons (Fsp3) is 0.333. The molecular weight excluding hydrogens is 426 g/mol. The third kappa shape index (κ3) is 5.41. The van der Waals surface area contributed by atoms with E-state index in [0.29, 0.717) is 17.4 Å². The van der Waals surface area contributed by atoms with Crippen molar-refractivity contribution in [1.29, 1.82) is 0 Å². The Labute approximate surface area is 193 Å². The van der Waals surface area contributed by atoms with Gasteiger partial charge in [-0.05, 0) is 49.0 Å². The van der Waals surface area contributed by atoms with Gasteiger partial charge in [0.2, 0.25) is 5.95 Å². The minimum absolute atomic E-state index is 0.506. The zero-order chi connectivity index (χ0) is 22.5. The first-order valence-corrected chi connectivity index (χ1v) is 11.0. The van der Waals surface area contributed by atoms with Crippen LogP contribution in [-0.4, -0.2) is 62.3 Å². The first kappa shape index (κ1) is 22.2. The van der Waals surface area contributed by atoms with Gasteiger partial charge in [-0.2, -0.15) is 0 Å². The zero-order valence-corrected chi connectivity index (χ0v) is 19.4. The molecular formula is C24H28ClN5O2. The van der Waals surface area contributed by atoms with Gasteiger partial charge in [0, 0.05) is 50.0 Å². The molecule has 1 saturated heterocycles. The highest BCUT2D eigenvalue weighted by molar-refractivity contribution is 6.31. The van der Waals surface area contributed by atoms with Crippen LogP contribution >= 0.6 is 11.6 Å². The van der Waals surface area contributed by atoms with E-state index >= 15 is 0 Å². The maximum Gasteiger partial charge on any atom is 0.227 e. The van der Waals surface area contributed by atoms with Crippen molar-refractivity contribution in [3.8, 4) is 11.5 Å². The van der Waals surface area contributed by atoms with Gasteiger partial charge in [0.25, 0.3) is 0 Å². The van der Waals surface area contributed by atoms with Gasteiger partial charge in [0.05, 0.1) is 31.1 Å². The molecule has 4 rings (SSSR count). The minimum atomic E-state index is 0.506. The van der Waals surface area contributed by atoms with E-state index in [4.69, 9.17) is 21.1 Å². The monoisotopic (exact) mass is 453 g/mol. The van der Waals surface area contributed by atoms with Crippen LogP contribution in [0.25, 0.3) is 0 Å². The smallest absolute Gasteiger partial charge is 0.227 e. The van der Waals surface area contributed by atoms with Gasteiger partial charge in [-0.1, -0.05) is 11.6 Å². The van der Waals surface area contributed by atoms with Crippen molar-refractivity contribution in [2.75, 3.05) is 57.7 Å². The van der Waals surface area contributed by atoms with Crippen molar-refractivity contribution < 1.29 is 9.47 Å². The summed E-state index contributed by atoms with van der Waals surface area (Å²) in [4.78, 5) is 13.7. The number of aromatic nitrogens is 2. The molecule has 0 atom stereocenters. The standard InChI is InChI=1S/C24H28ClN5O2/c1-29-8-10-30(11-9-29)19-6-4-18(5-7-19)27-24-26-16-22(25)23(28-24)14-17-12-20(31-2)15-21(13-17)32-3/h4-7,12-13,15-16H,8-11,14H2,1-3H3,(H,26,27,28). The van der Waals surface area contributed by atoms with Crippen molar-refractivity contribution in [3.05, 3.63) is 64.9 Å². The number of piperazine rings is 1. The van der Waals surface area contributed by atoms with Gasteiger partial charge in [-0.3, -0.25) is 0 Å². The Morgan fingerprint density at radius 2 is 1.62 bits per heavy atom. The number of ether oxygens (including phenoxy) is 2. The van der Waals surface area contributed by atoms with Gasteiger partial charge in [0.15, 0.2) is 0 Å². The molecule has 0 aliphatic carbocycles. The number of likely N-dealkylation sites (N-methyl/N-ethyl adjacent to an activating group) is 1. The second-order valence-corrected chi connectivity index (χ2v) is 8.26. The molecule has 32 heavy (non-hydrogen) atoms. The van der Waals surface area contributed by atoms with Crippen LogP contribution in [-0.2, 0) is 6.42 Å². The molecule has 1 aliphatic heterocycles. The van der Waals surface area contributed by atoms with Crippen LogP contribution in [0.3, 0.4) is 0 Å². The molecule has 1 aliphatic rings. The molecule has 7 nitrogen and oxygen atoms in total. The Hall–Kier alpha value is -3.03. The highest BCUT2D eigenvalue weighted by atomic mass is 35.5. The maximum absolute atomic E-state index is 6.39. The van der Waals surface area contributed by atoms with E-state index in [1.54, 1.807) is 20.4 Å². The largest absolute Gasteiger partial charge is 0.497 e. The molecule has 0 amide bonds. The predicted molar refractivity (Wildman–Crippen MR) is 129 cm³/mol. The van der Waals surface area contributed by atoms with E-state index in [9.17, 15) is 0 Å². The lowest BCUT2D eigenvalue weighted by Gasteiger charge is -2.34. The quantitative estimate of drug-likeness (QED) is 0.574. The Balaban J connectivity index is 1.47. The van der Waals surface area contributed by atoms with E-state index in [0.717, 1.165) is 54.6 Å². The summed E-state index contributed by atoms with van der Waals surface area (Å²) in [5, 5.41) is 3.80. The topological polar surface area (TPSA) is 62.8 Å². The molecule has 168 valence electrons. The van der Waals surface area contributed by atoms with E-state index < -0.39 is 0 Å². The van der Waals surface area contributed by atoms with E-state index in [2.05, 4.69) is 56.4 Å². The Morgan fingerprint density at radius 3 is 2.25 bits per heavy atom. The molecule has 0 spiro atoms. The summed E-state index contributed by atoms with van der Waals surface area (Å²) in [6.07, 6.45) is 2.16. The summed E-state index contributed by atoms with van der Waals surface area (Å²) in [6, 6.07) is 14.1. The molecule has 0 saturated carbocycles. The molecule has 2 heterocycles. The number of benzene rings is 2. The van der Waals surface area contributed by atoms with Gasteiger partial charge in [-0.25, -0.2) is 9.97 Å². The second kappa shape index (κ2) is 10.1. The summed E-state index contributed by atoms with van der Waals surface area (Å²) in [5.41, 5.74) is 3.88. The number of methoxy groups -OCH3 is 2. The summed E-state index contributed by atoms with van der Waals surface area (Å²) in [7, 11) is 5.43. The average Bonchev–Trinajstić information content (AvgIpc) is 2.82. The number of hydrogen-bond acceptors (Lipinski definition) is 7. The van der Waals surface area contributed by atoms with Crippen molar-refractivity contribution in [3.63, 3.8) is 0 Å². The molecule has 1 fully saturated rings. The SMILES string of the molecule is COc1cc(Cc2nc(Nc3ccc(N4CCN(C)CC4)cc3)ncc2Cl)cc(OC)c1. The lowest BCUT2D eigenvalue weighted by molar-refractivity contribution is 0.313. The molecule has 0 bridgehead atoms. The number of rotatable bonds is 7. The Morgan fingerprint density at radius 1 is 0.969 bits per heavy atom. The molecule has 2 aromatic carbocycles. The first-order valence-electron chi connectivity index (χ1n) is 10.6. The fourth-order valence-electron chi connectivity index (χ4n) is 3.70. The van der Waals surface area contributed by atoms with Gasteiger partial charge < -0.3 is 24.6 Å². The minimum Gasteiger partial charge on any atom is -0.497 e. The third-order valence-electron chi connectivity index (χ3n) is 5.59. The Bertz CT molecular complexity index is 1030. The fourth-order valence-corrected chi connectivity index (χ4v) is 3.86. The van der Waals surface area contributed by atoms with Crippen LogP contribution in [0, 0.1) is 0 Å². The molecule has 8 heteroatoms. The van der Waals surface area contributed by atoms with Crippen LogP contribution in [0.2, 0.25) is 5.02 Å². The molecule has 3 aromatic rings. The summed E-state index contributed by atoms with van der Waals surface area (Å²) >= 11 is 6.39. The Kier molecular flexibility index (Phi) is 6.97. The van der Waals surface area contributed by atoms with Gasteiger partial charge in [0.1, 0.15) is 11.5 Å². The first-order chi connectivity index (χ1) is 15.5. The summed E-state index contributed by atoms with van der Waals surface area (Å²) in [6.45, 7) is 4.26. The highest BCUT2D eigenvalue weighted by Crippen LogP contribution is 2.27. The number of anilines is 3. The van der Waals surface area contributed by atoms with Crippen LogP contribution in [0.15, 0.2) is 48.7 Å². The maximum atomic E-state index is 6.39. The van der Waals surface area contributed by atoms with Crippen LogP contribution in [0.1, 0.15) is 11.3 Å². The number of halogens is 1. The molecule has 1 N–H and O–H groups in total. The zero-order valence-electron chi connectivity index (χ0n) is 18.6. The van der Waals surface area contributed by atoms with Crippen molar-refractivity contribution >= 4 is 28.9 Å². The third-order valence-corrected chi connectivity index (χ3v) is 5.91. The number of hydrogen-bond donors (Lipinski definition) is 1. The van der Waals surface area contributed by atoms with Crippen LogP contribution in [0.5, 0.6) is 11.5 Å². The number of nitrogens with zero attached hydrogens (tertiary/aromatic N) is 4. The van der Waals surface area contributed by atoms with Crippen LogP contribution in [0.4, 0.5) is 17.3 Å². The van der Waals surface area contributed by atoms with Crippen molar-refractivity contribution in [1.82, 2.24) is 14.9 Å². The highest BCUT2D eigenvalue weighted by Gasteiger charge is 2.14. The van der Waals surface area contributed by atoms with E-state index in [1.807, 2.05) is 18.2 Å². The van der Waals surface area contributed by atoms with Crippen molar-refractivity contribution in [2.24, 2.45) is 0 Å². The van der Waals surface area contributed by atoms with Crippen LogP contribution < -0.4 is 19.7 Å². The normalized spacial score (nSPS) is 14.3. The molecule has 1 aromatic heterocycles. The molecule has 0 radical (unpaired) electrons. The van der Waals surface area contributed by atoms with Crippen molar-refractivity contribution in [2.45, 2.75) is 6.42 Å². The van der Waals surface area contributed by atoms with E-state index in [-0.39, 0.29) is 0 Å². The second-order valence-electron chi connectivity index (χ2n) is 7.85. The van der Waals surface area contributed by atoms with Gasteiger partial charge in [-0.15, -0.1) is 0 Å². The average molecular weight is 454 g/mol. The summed E-state index contributed by atoms with van der Waals surface area (Å²) in [5.74, 6) is 1.96. The van der Waals surface area contributed by atoms with E-state index in [1.165, 1.54) is 5.69 Å². The predicted octanol–water partition coefficient (Wildman–Crippen LogP) is 4.23. The summed E-state index contributed by atoms with van der Waals surface area (Å²) < 4.78 is 10.7. The molecule has 0 unspecified atom stereocenters. The van der Waals surface area contributed by atoms with Gasteiger partial charge >= 0.3 is 0 Å². The lowest BCUT2D eigenvalue weighted by Crippen LogP contribution is -2.44. The lowest BCUT2D eigenvalue weighted by atomic mass is 10.1. The number of nitrogens with one attached hydrogen (secondary N) is 1.